The highest BCUT2D eigenvalue weighted by molar-refractivity contribution is 14.1. The summed E-state index contributed by atoms with van der Waals surface area (Å²) >= 11 is 1.64. The third-order valence-electron chi connectivity index (χ3n) is 2.63. The number of alkyl halides is 3. The van der Waals surface area contributed by atoms with Crippen molar-refractivity contribution in [1.82, 2.24) is 0 Å². The molecule has 7 heteroatoms. The Morgan fingerprint density at radius 2 is 1.80 bits per heavy atom. The molecular weight excluding hydrogens is 388 g/mol. The van der Waals surface area contributed by atoms with Crippen molar-refractivity contribution in [3.63, 3.8) is 0 Å². The topological polar surface area (TPSA) is 46.5 Å². The molecule has 0 saturated heterocycles. The van der Waals surface area contributed by atoms with Gasteiger partial charge in [0, 0.05) is 12.7 Å². The van der Waals surface area contributed by atoms with E-state index in [0.717, 1.165) is 24.3 Å². The average Bonchev–Trinajstić information content (AvgIpc) is 2.43. The smallest absolute Gasteiger partial charge is 0.416 e. The Balaban J connectivity index is 3.08. The summed E-state index contributed by atoms with van der Waals surface area (Å²) in [6.07, 6.45) is -5.18. The predicted molar refractivity (Wildman–Crippen MR) is 76.5 cm³/mol. The van der Waals surface area contributed by atoms with Crippen LogP contribution in [-0.2, 0) is 15.7 Å². The molecule has 1 N–H and O–H groups in total. The summed E-state index contributed by atoms with van der Waals surface area (Å²) in [4.78, 5) is 11.8. The summed E-state index contributed by atoms with van der Waals surface area (Å²) in [6, 6.07) is 3.92. The van der Waals surface area contributed by atoms with Crippen LogP contribution in [0.2, 0.25) is 0 Å². The zero-order valence-electron chi connectivity index (χ0n) is 10.7. The Hall–Kier alpha value is -1.09. The highest BCUT2D eigenvalue weighted by Gasteiger charge is 2.30. The lowest BCUT2D eigenvalue weighted by atomic mass is 10.1. The second-order valence-corrected chi connectivity index (χ2v) is 5.06. The van der Waals surface area contributed by atoms with Crippen LogP contribution in [0, 0.1) is 0 Å². The molecule has 1 unspecified atom stereocenters. The van der Waals surface area contributed by atoms with Crippen molar-refractivity contribution in [2.24, 2.45) is 0 Å². The normalized spacial score (nSPS) is 14.7. The summed E-state index contributed by atoms with van der Waals surface area (Å²) < 4.78 is 42.1. The number of hydrogen-bond acceptors (Lipinski definition) is 3. The van der Waals surface area contributed by atoms with Crippen LogP contribution < -0.4 is 0 Å². The number of halogens is 4. The monoisotopic (exact) mass is 400 g/mol. The molecule has 0 aliphatic rings. The van der Waals surface area contributed by atoms with E-state index in [1.807, 2.05) is 0 Å². The van der Waals surface area contributed by atoms with E-state index in [9.17, 15) is 23.1 Å². The van der Waals surface area contributed by atoms with E-state index in [1.165, 1.54) is 14.0 Å². The molecule has 110 valence electrons. The lowest BCUT2D eigenvalue weighted by molar-refractivity contribution is -0.137. The molecule has 0 fully saturated rings. The van der Waals surface area contributed by atoms with E-state index in [-0.39, 0.29) is 14.9 Å². The third kappa shape index (κ3) is 3.95. The summed E-state index contributed by atoms with van der Waals surface area (Å²) in [6.45, 7) is 1.51. The number of methoxy groups -OCH3 is 1. The second kappa shape index (κ2) is 6.57. The van der Waals surface area contributed by atoms with Gasteiger partial charge in [0.2, 0.25) is 5.78 Å². The van der Waals surface area contributed by atoms with Gasteiger partial charge in [-0.05, 0) is 41.6 Å². The van der Waals surface area contributed by atoms with Gasteiger partial charge in [0.15, 0.2) is 0 Å². The van der Waals surface area contributed by atoms with Gasteiger partial charge in [-0.15, -0.1) is 0 Å². The van der Waals surface area contributed by atoms with Crippen LogP contribution in [0.5, 0.6) is 0 Å². The van der Waals surface area contributed by atoms with E-state index < -0.39 is 23.6 Å². The van der Waals surface area contributed by atoms with Crippen molar-refractivity contribution >= 4 is 34.1 Å². The predicted octanol–water partition coefficient (Wildman–Crippen LogP) is 3.97. The van der Waals surface area contributed by atoms with E-state index in [0.29, 0.717) is 0 Å². The molecule has 0 aromatic heterocycles. The Morgan fingerprint density at radius 3 is 2.20 bits per heavy atom. The minimum atomic E-state index is -4.44. The first-order chi connectivity index (χ1) is 9.18. The van der Waals surface area contributed by atoms with Crippen LogP contribution in [0.15, 0.2) is 27.8 Å². The zero-order valence-corrected chi connectivity index (χ0v) is 12.8. The number of ketones is 1. The van der Waals surface area contributed by atoms with Gasteiger partial charge >= 0.3 is 6.18 Å². The number of ether oxygens (including phenoxy) is 1. The number of benzene rings is 1. The fourth-order valence-electron chi connectivity index (χ4n) is 1.35. The summed E-state index contributed by atoms with van der Waals surface area (Å²) in [7, 11) is 1.35. The number of carbonyl (C=O) groups excluding carboxylic acids is 1. The maximum Gasteiger partial charge on any atom is 0.416 e. The maximum atomic E-state index is 12.4. The quantitative estimate of drug-likeness (QED) is 0.473. The van der Waals surface area contributed by atoms with Crippen molar-refractivity contribution in [3.05, 3.63) is 39.0 Å². The highest BCUT2D eigenvalue weighted by Crippen LogP contribution is 2.31. The van der Waals surface area contributed by atoms with Crippen LogP contribution in [0.4, 0.5) is 13.2 Å². The van der Waals surface area contributed by atoms with Gasteiger partial charge in [0.1, 0.15) is 15.4 Å². The number of carbonyl (C=O) groups is 1. The summed E-state index contributed by atoms with van der Waals surface area (Å²) in [5.74, 6) is -0.807. The van der Waals surface area contributed by atoms with Crippen molar-refractivity contribution in [2.45, 2.75) is 19.2 Å². The van der Waals surface area contributed by atoms with Gasteiger partial charge in [-0.25, -0.2) is 0 Å². The van der Waals surface area contributed by atoms with Crippen molar-refractivity contribution in [3.8, 4) is 0 Å². The van der Waals surface area contributed by atoms with E-state index in [1.54, 1.807) is 22.6 Å². The molecule has 0 saturated carbocycles. The molecule has 1 aromatic rings. The molecule has 0 spiro atoms. The minimum absolute atomic E-state index is 0.0108. The van der Waals surface area contributed by atoms with Crippen molar-refractivity contribution < 1.29 is 27.8 Å². The molecule has 0 heterocycles. The highest BCUT2D eigenvalue weighted by atomic mass is 127. The maximum absolute atomic E-state index is 12.4. The van der Waals surface area contributed by atoms with E-state index >= 15 is 0 Å². The average molecular weight is 400 g/mol. The van der Waals surface area contributed by atoms with Crippen LogP contribution in [0.1, 0.15) is 18.1 Å². The molecule has 0 bridgehead atoms. The minimum Gasteiger partial charge on any atom is -0.506 e. The van der Waals surface area contributed by atoms with E-state index in [4.69, 9.17) is 4.74 Å². The number of aliphatic hydroxyl groups excluding tert-OH is 1. The van der Waals surface area contributed by atoms with Gasteiger partial charge in [-0.1, -0.05) is 12.1 Å². The molecule has 1 atom stereocenters. The Kier molecular flexibility index (Phi) is 5.58. The molecule has 0 radical (unpaired) electrons. The first kappa shape index (κ1) is 17.0. The Labute approximate surface area is 127 Å². The van der Waals surface area contributed by atoms with Crippen molar-refractivity contribution in [1.29, 1.82) is 0 Å². The lowest BCUT2D eigenvalue weighted by Crippen LogP contribution is -2.19. The van der Waals surface area contributed by atoms with E-state index in [2.05, 4.69) is 0 Å². The number of aliphatic hydroxyl groups is 1. The molecule has 0 aliphatic carbocycles. The fourth-order valence-corrected chi connectivity index (χ4v) is 2.10. The number of rotatable bonds is 4. The number of Topliss-reactive ketones (excluding diaryl/α,β-unsaturated/α-hetero) is 1. The first-order valence-electron chi connectivity index (χ1n) is 5.52. The molecule has 1 rings (SSSR count). The largest absolute Gasteiger partial charge is 0.506 e. The lowest BCUT2D eigenvalue weighted by Gasteiger charge is -2.10. The SMILES string of the molecule is COC(C)C(=O)C(I)=C(O)c1ccc(C(F)(F)F)cc1. The molecule has 1 aromatic carbocycles. The molecular formula is C13H12F3IO3. The van der Waals surface area contributed by atoms with Crippen LogP contribution >= 0.6 is 22.6 Å². The van der Waals surface area contributed by atoms with Gasteiger partial charge in [0.05, 0.1) is 5.56 Å². The molecule has 20 heavy (non-hydrogen) atoms. The molecule has 0 amide bonds. The standard InChI is InChI=1S/C13H12F3IO3/c1-7(20-2)11(18)10(17)12(19)8-3-5-9(6-4-8)13(14,15)16/h3-7,19H,1-2H3. The Bertz CT molecular complexity index is 521. The first-order valence-corrected chi connectivity index (χ1v) is 6.59. The van der Waals surface area contributed by atoms with Crippen LogP contribution in [0.3, 0.4) is 0 Å². The zero-order chi connectivity index (χ0) is 15.5. The van der Waals surface area contributed by atoms with Crippen LogP contribution in [0.25, 0.3) is 5.76 Å². The number of hydrogen-bond donors (Lipinski definition) is 1. The van der Waals surface area contributed by atoms with Crippen molar-refractivity contribution in [2.75, 3.05) is 7.11 Å². The fraction of sp³-hybridized carbons (Fsp3) is 0.308. The Morgan fingerprint density at radius 1 is 1.30 bits per heavy atom. The summed E-state index contributed by atoms with van der Waals surface area (Å²) in [5.41, 5.74) is -0.681. The summed E-state index contributed by atoms with van der Waals surface area (Å²) in [5, 5.41) is 9.91. The van der Waals surface area contributed by atoms with Crippen LogP contribution in [-0.4, -0.2) is 24.1 Å². The van der Waals surface area contributed by atoms with Gasteiger partial charge in [-0.2, -0.15) is 13.2 Å². The van der Waals surface area contributed by atoms with Gasteiger partial charge in [0.25, 0.3) is 0 Å². The van der Waals surface area contributed by atoms with Gasteiger partial charge < -0.3 is 9.84 Å². The molecule has 0 aliphatic heterocycles. The second-order valence-electron chi connectivity index (χ2n) is 3.98. The molecule has 3 nitrogen and oxygen atoms in total. The van der Waals surface area contributed by atoms with Gasteiger partial charge in [-0.3, -0.25) is 4.79 Å². The third-order valence-corrected chi connectivity index (χ3v) is 3.68.